The Labute approximate surface area is 391 Å². The van der Waals surface area contributed by atoms with Crippen LogP contribution in [0.15, 0.2) is 36.5 Å². The standard InChI is InChI=1S/C57H104O6/c1-4-7-10-13-16-19-22-24-26-28-30-31-33-35-38-41-44-47-50-56(59)62-53-54(52-61-55(58)49-46-43-40-37-21-18-15-12-9-6-3)63-57(60)51-48-45-42-39-36-34-32-29-27-25-23-20-17-14-11-8-5-2/h12,15,25-28,54H,4-11,13-14,16-24,29-53H2,1-3H3/b15-12-,27-25-,28-26-. The number of ether oxygens (including phenoxy) is 3. The van der Waals surface area contributed by atoms with Crippen LogP contribution in [0.25, 0.3) is 0 Å². The summed E-state index contributed by atoms with van der Waals surface area (Å²) in [7, 11) is 0. The van der Waals surface area contributed by atoms with E-state index < -0.39 is 6.10 Å². The first-order chi connectivity index (χ1) is 31.0. The molecule has 0 aromatic rings. The average molecular weight is 885 g/mol. The van der Waals surface area contributed by atoms with Gasteiger partial charge in [-0.25, -0.2) is 0 Å². The number of hydrogen-bond acceptors (Lipinski definition) is 6. The lowest BCUT2D eigenvalue weighted by atomic mass is 10.1. The molecule has 0 aliphatic carbocycles. The zero-order chi connectivity index (χ0) is 45.8. The van der Waals surface area contributed by atoms with Crippen LogP contribution in [-0.2, 0) is 28.6 Å². The molecule has 0 aromatic carbocycles. The molecule has 0 radical (unpaired) electrons. The van der Waals surface area contributed by atoms with E-state index in [2.05, 4.69) is 57.2 Å². The van der Waals surface area contributed by atoms with E-state index in [1.807, 2.05) is 0 Å². The number of unbranched alkanes of at least 4 members (excludes halogenated alkanes) is 33. The summed E-state index contributed by atoms with van der Waals surface area (Å²) in [5.74, 6) is -0.885. The van der Waals surface area contributed by atoms with Crippen LogP contribution >= 0.6 is 0 Å². The highest BCUT2D eigenvalue weighted by Gasteiger charge is 2.19. The van der Waals surface area contributed by atoms with Crippen LogP contribution in [-0.4, -0.2) is 37.2 Å². The first-order valence-corrected chi connectivity index (χ1v) is 27.5. The molecule has 6 heteroatoms. The predicted molar refractivity (Wildman–Crippen MR) is 270 cm³/mol. The molecule has 0 fully saturated rings. The third-order valence-corrected chi connectivity index (χ3v) is 12.1. The van der Waals surface area contributed by atoms with Crippen molar-refractivity contribution in [2.75, 3.05) is 13.2 Å². The molecule has 0 N–H and O–H groups in total. The quantitative estimate of drug-likeness (QED) is 0.0262. The molecule has 0 bridgehead atoms. The van der Waals surface area contributed by atoms with Crippen molar-refractivity contribution >= 4 is 17.9 Å². The molecule has 0 saturated heterocycles. The minimum atomic E-state index is -0.777. The van der Waals surface area contributed by atoms with E-state index in [1.165, 1.54) is 180 Å². The van der Waals surface area contributed by atoms with Crippen molar-refractivity contribution in [1.29, 1.82) is 0 Å². The summed E-state index contributed by atoms with van der Waals surface area (Å²) < 4.78 is 16.8. The summed E-state index contributed by atoms with van der Waals surface area (Å²) in [5, 5.41) is 0. The zero-order valence-electron chi connectivity index (χ0n) is 42.1. The Morgan fingerprint density at radius 2 is 0.556 bits per heavy atom. The molecule has 0 saturated carbocycles. The number of hydrogen-bond donors (Lipinski definition) is 0. The molecule has 0 aromatic heterocycles. The van der Waals surface area contributed by atoms with Crippen molar-refractivity contribution in [3.05, 3.63) is 36.5 Å². The van der Waals surface area contributed by atoms with Gasteiger partial charge in [-0.15, -0.1) is 0 Å². The highest BCUT2D eigenvalue weighted by atomic mass is 16.6. The molecule has 0 spiro atoms. The van der Waals surface area contributed by atoms with Crippen LogP contribution in [0.2, 0.25) is 0 Å². The monoisotopic (exact) mass is 885 g/mol. The molecule has 0 amide bonds. The fourth-order valence-electron chi connectivity index (χ4n) is 7.91. The number of esters is 3. The lowest BCUT2D eigenvalue weighted by Crippen LogP contribution is -2.30. The van der Waals surface area contributed by atoms with Gasteiger partial charge < -0.3 is 14.2 Å². The van der Waals surface area contributed by atoms with Gasteiger partial charge in [-0.1, -0.05) is 218 Å². The highest BCUT2D eigenvalue weighted by Crippen LogP contribution is 2.15. The lowest BCUT2D eigenvalue weighted by Gasteiger charge is -2.18. The van der Waals surface area contributed by atoms with Crippen LogP contribution in [0, 0.1) is 0 Å². The molecule has 6 nitrogen and oxygen atoms in total. The molecule has 63 heavy (non-hydrogen) atoms. The van der Waals surface area contributed by atoms with Gasteiger partial charge >= 0.3 is 17.9 Å². The van der Waals surface area contributed by atoms with Crippen LogP contribution in [0.4, 0.5) is 0 Å². The fourth-order valence-corrected chi connectivity index (χ4v) is 7.91. The van der Waals surface area contributed by atoms with Gasteiger partial charge in [0.15, 0.2) is 6.10 Å². The second kappa shape index (κ2) is 52.3. The van der Waals surface area contributed by atoms with Gasteiger partial charge in [0.2, 0.25) is 0 Å². The van der Waals surface area contributed by atoms with Crippen molar-refractivity contribution in [2.24, 2.45) is 0 Å². The van der Waals surface area contributed by atoms with Crippen molar-refractivity contribution in [3.8, 4) is 0 Å². The molecular weight excluding hydrogens is 781 g/mol. The summed E-state index contributed by atoms with van der Waals surface area (Å²) in [6, 6.07) is 0. The summed E-state index contributed by atoms with van der Waals surface area (Å²) >= 11 is 0. The maximum Gasteiger partial charge on any atom is 0.306 e. The maximum atomic E-state index is 12.8. The highest BCUT2D eigenvalue weighted by molar-refractivity contribution is 5.71. The Bertz CT molecular complexity index is 1060. The van der Waals surface area contributed by atoms with Gasteiger partial charge in [0.05, 0.1) is 0 Å². The minimum absolute atomic E-state index is 0.0771. The van der Waals surface area contributed by atoms with Crippen molar-refractivity contribution in [3.63, 3.8) is 0 Å². The van der Waals surface area contributed by atoms with E-state index in [4.69, 9.17) is 14.2 Å². The third kappa shape index (κ3) is 50.5. The summed E-state index contributed by atoms with van der Waals surface area (Å²) in [4.78, 5) is 38.0. The molecule has 0 rings (SSSR count). The zero-order valence-corrected chi connectivity index (χ0v) is 42.1. The first-order valence-electron chi connectivity index (χ1n) is 27.5. The van der Waals surface area contributed by atoms with E-state index in [1.54, 1.807) is 0 Å². The minimum Gasteiger partial charge on any atom is -0.462 e. The smallest absolute Gasteiger partial charge is 0.306 e. The first kappa shape index (κ1) is 60.6. The Morgan fingerprint density at radius 1 is 0.302 bits per heavy atom. The summed E-state index contributed by atoms with van der Waals surface area (Å²) in [6.45, 7) is 6.58. The fraction of sp³-hybridized carbons (Fsp3) is 0.842. The Hall–Kier alpha value is -2.37. The Kier molecular flexibility index (Phi) is 50.3. The van der Waals surface area contributed by atoms with Gasteiger partial charge in [-0.2, -0.15) is 0 Å². The van der Waals surface area contributed by atoms with Gasteiger partial charge in [0.25, 0.3) is 0 Å². The van der Waals surface area contributed by atoms with Crippen LogP contribution in [0.5, 0.6) is 0 Å². The van der Waals surface area contributed by atoms with Crippen LogP contribution in [0.1, 0.15) is 290 Å². The molecular formula is C57H104O6. The largest absolute Gasteiger partial charge is 0.462 e. The van der Waals surface area contributed by atoms with E-state index in [0.29, 0.717) is 19.3 Å². The number of carbonyl (C=O) groups is 3. The Morgan fingerprint density at radius 3 is 0.857 bits per heavy atom. The van der Waals surface area contributed by atoms with Crippen molar-refractivity contribution in [2.45, 2.75) is 297 Å². The van der Waals surface area contributed by atoms with Crippen LogP contribution in [0.3, 0.4) is 0 Å². The average Bonchev–Trinajstić information content (AvgIpc) is 3.28. The number of allylic oxidation sites excluding steroid dienone is 6. The third-order valence-electron chi connectivity index (χ3n) is 12.1. The topological polar surface area (TPSA) is 78.9 Å². The second-order valence-electron chi connectivity index (χ2n) is 18.5. The molecule has 1 unspecified atom stereocenters. The van der Waals surface area contributed by atoms with E-state index >= 15 is 0 Å². The molecule has 0 aliphatic rings. The van der Waals surface area contributed by atoms with Gasteiger partial charge in [-0.05, 0) is 89.9 Å². The van der Waals surface area contributed by atoms with Gasteiger partial charge in [-0.3, -0.25) is 14.4 Å². The SMILES string of the molecule is CCC/C=C\CCCCCCCC(=O)OCC(COC(=O)CCCCCCCCC/C=C\CCCCCCCCC)OC(=O)CCCCCCCCC/C=C\CCCCCCCC. The van der Waals surface area contributed by atoms with Crippen molar-refractivity contribution in [1.82, 2.24) is 0 Å². The molecule has 0 heterocycles. The van der Waals surface area contributed by atoms with E-state index in [0.717, 1.165) is 70.6 Å². The van der Waals surface area contributed by atoms with E-state index in [9.17, 15) is 14.4 Å². The van der Waals surface area contributed by atoms with Gasteiger partial charge in [0.1, 0.15) is 13.2 Å². The number of rotatable bonds is 50. The molecule has 368 valence electrons. The normalized spacial score (nSPS) is 12.2. The van der Waals surface area contributed by atoms with Gasteiger partial charge in [0, 0.05) is 19.3 Å². The maximum absolute atomic E-state index is 12.8. The molecule has 1 atom stereocenters. The second-order valence-corrected chi connectivity index (χ2v) is 18.5. The Balaban J connectivity index is 4.31. The summed E-state index contributed by atoms with van der Waals surface area (Å²) in [6.07, 6.45) is 61.3. The van der Waals surface area contributed by atoms with Crippen LogP contribution < -0.4 is 0 Å². The number of carbonyl (C=O) groups excluding carboxylic acids is 3. The lowest BCUT2D eigenvalue weighted by molar-refractivity contribution is -0.167. The summed E-state index contributed by atoms with van der Waals surface area (Å²) in [5.41, 5.74) is 0. The van der Waals surface area contributed by atoms with Crippen molar-refractivity contribution < 1.29 is 28.6 Å². The predicted octanol–water partition coefficient (Wildman–Crippen LogP) is 18.1. The molecule has 0 aliphatic heterocycles. The van der Waals surface area contributed by atoms with E-state index in [-0.39, 0.29) is 31.1 Å².